The number of ether oxygens (including phenoxy) is 1. The van der Waals surface area contributed by atoms with Gasteiger partial charge >= 0.3 is 12.1 Å². The Balaban J connectivity index is 1.66. The number of alkyl halides is 3. The van der Waals surface area contributed by atoms with Crippen molar-refractivity contribution in [3.05, 3.63) is 82.6 Å². The SMILES string of the molecule is CCOC(=O)c1cnn2c(-c3cccc(NC(=O)c4cc(C(F)(F)F)ccc4Cl)c3)ccnc12. The molecule has 2 aromatic heterocycles. The van der Waals surface area contributed by atoms with Gasteiger partial charge in [0.05, 0.1) is 34.6 Å². The van der Waals surface area contributed by atoms with Gasteiger partial charge in [0.25, 0.3) is 5.91 Å². The summed E-state index contributed by atoms with van der Waals surface area (Å²) in [4.78, 5) is 29.0. The first-order valence-corrected chi connectivity index (χ1v) is 10.3. The molecule has 174 valence electrons. The molecule has 1 N–H and O–H groups in total. The van der Waals surface area contributed by atoms with Gasteiger partial charge in [-0.2, -0.15) is 18.3 Å². The van der Waals surface area contributed by atoms with E-state index in [4.69, 9.17) is 16.3 Å². The molecule has 0 bridgehead atoms. The first-order chi connectivity index (χ1) is 16.2. The number of rotatable bonds is 5. The van der Waals surface area contributed by atoms with Crippen molar-refractivity contribution in [2.75, 3.05) is 11.9 Å². The molecule has 0 unspecified atom stereocenters. The molecule has 1 amide bonds. The van der Waals surface area contributed by atoms with Crippen LogP contribution in [-0.4, -0.2) is 33.1 Å². The largest absolute Gasteiger partial charge is 0.462 e. The number of carbonyl (C=O) groups excluding carboxylic acids is 2. The minimum Gasteiger partial charge on any atom is -0.462 e. The summed E-state index contributed by atoms with van der Waals surface area (Å²) in [5.41, 5.74) is 0.699. The predicted molar refractivity (Wildman–Crippen MR) is 119 cm³/mol. The van der Waals surface area contributed by atoms with Crippen LogP contribution in [0.5, 0.6) is 0 Å². The molecule has 0 aliphatic heterocycles. The number of nitrogens with zero attached hydrogens (tertiary/aromatic N) is 3. The van der Waals surface area contributed by atoms with Crippen LogP contribution in [0.1, 0.15) is 33.2 Å². The van der Waals surface area contributed by atoms with E-state index in [1.807, 2.05) is 0 Å². The van der Waals surface area contributed by atoms with Gasteiger partial charge in [-0.1, -0.05) is 23.7 Å². The number of anilines is 1. The maximum atomic E-state index is 13.0. The lowest BCUT2D eigenvalue weighted by atomic mass is 10.1. The number of nitrogens with one attached hydrogen (secondary N) is 1. The van der Waals surface area contributed by atoms with E-state index in [-0.39, 0.29) is 22.8 Å². The predicted octanol–water partition coefficient (Wildman–Crippen LogP) is 5.50. The van der Waals surface area contributed by atoms with Gasteiger partial charge in [0.15, 0.2) is 5.65 Å². The van der Waals surface area contributed by atoms with Crippen LogP contribution in [0, 0.1) is 0 Å². The van der Waals surface area contributed by atoms with Crippen LogP contribution in [0.4, 0.5) is 18.9 Å². The molecule has 0 saturated carbocycles. The van der Waals surface area contributed by atoms with Crippen molar-refractivity contribution in [3.8, 4) is 11.3 Å². The van der Waals surface area contributed by atoms with Crippen LogP contribution in [0.25, 0.3) is 16.9 Å². The highest BCUT2D eigenvalue weighted by atomic mass is 35.5. The highest BCUT2D eigenvalue weighted by molar-refractivity contribution is 6.34. The fourth-order valence-corrected chi connectivity index (χ4v) is 3.50. The molecule has 0 fully saturated rings. The van der Waals surface area contributed by atoms with Crippen molar-refractivity contribution in [1.82, 2.24) is 14.6 Å². The lowest BCUT2D eigenvalue weighted by Gasteiger charge is -2.12. The van der Waals surface area contributed by atoms with Crippen molar-refractivity contribution in [1.29, 1.82) is 0 Å². The monoisotopic (exact) mass is 488 g/mol. The molecule has 0 spiro atoms. The molecule has 0 aliphatic rings. The average Bonchev–Trinajstić information content (AvgIpc) is 3.23. The number of amides is 1. The highest BCUT2D eigenvalue weighted by Crippen LogP contribution is 2.32. The van der Waals surface area contributed by atoms with Crippen LogP contribution in [0.3, 0.4) is 0 Å². The summed E-state index contributed by atoms with van der Waals surface area (Å²) in [7, 11) is 0. The van der Waals surface area contributed by atoms with E-state index >= 15 is 0 Å². The molecule has 2 aromatic carbocycles. The van der Waals surface area contributed by atoms with E-state index in [1.54, 1.807) is 37.3 Å². The lowest BCUT2D eigenvalue weighted by molar-refractivity contribution is -0.137. The number of carbonyl (C=O) groups is 2. The molecule has 0 radical (unpaired) electrons. The van der Waals surface area contributed by atoms with Crippen LogP contribution in [-0.2, 0) is 10.9 Å². The molecular formula is C23H16ClF3N4O3. The lowest BCUT2D eigenvalue weighted by Crippen LogP contribution is -2.14. The van der Waals surface area contributed by atoms with Gasteiger partial charge in [-0.05, 0) is 43.3 Å². The van der Waals surface area contributed by atoms with Crippen molar-refractivity contribution < 1.29 is 27.5 Å². The number of hydrogen-bond donors (Lipinski definition) is 1. The third-order valence-electron chi connectivity index (χ3n) is 4.85. The summed E-state index contributed by atoms with van der Waals surface area (Å²) in [6.07, 6.45) is -1.76. The maximum Gasteiger partial charge on any atom is 0.416 e. The van der Waals surface area contributed by atoms with E-state index in [9.17, 15) is 22.8 Å². The Kier molecular flexibility index (Phi) is 6.25. The second-order valence-corrected chi connectivity index (χ2v) is 7.48. The first kappa shape index (κ1) is 23.2. The standard InChI is InChI=1S/C23H16ClF3N4O3/c1-2-34-22(33)17-12-29-31-19(8-9-28-20(17)31)13-4-3-5-15(10-13)30-21(32)16-11-14(23(25,26)27)6-7-18(16)24/h3-12H,2H2,1H3,(H,30,32). The Morgan fingerprint density at radius 2 is 1.91 bits per heavy atom. The molecule has 0 aliphatic carbocycles. The Morgan fingerprint density at radius 1 is 1.12 bits per heavy atom. The Labute approximate surface area is 196 Å². The zero-order valence-corrected chi connectivity index (χ0v) is 18.3. The van der Waals surface area contributed by atoms with Gasteiger partial charge in [0.1, 0.15) is 5.56 Å². The van der Waals surface area contributed by atoms with Gasteiger partial charge in [-0.15, -0.1) is 0 Å². The van der Waals surface area contributed by atoms with Gasteiger partial charge in [0.2, 0.25) is 0 Å². The summed E-state index contributed by atoms with van der Waals surface area (Å²) in [5.74, 6) is -1.35. The molecule has 4 rings (SSSR count). The maximum absolute atomic E-state index is 13.0. The first-order valence-electron chi connectivity index (χ1n) is 9.97. The quantitative estimate of drug-likeness (QED) is 0.375. The van der Waals surface area contributed by atoms with Crippen molar-refractivity contribution in [3.63, 3.8) is 0 Å². The fourth-order valence-electron chi connectivity index (χ4n) is 3.29. The summed E-state index contributed by atoms with van der Waals surface area (Å²) < 4.78 is 45.6. The molecule has 34 heavy (non-hydrogen) atoms. The third kappa shape index (κ3) is 4.58. The van der Waals surface area contributed by atoms with E-state index in [0.717, 1.165) is 12.1 Å². The number of fused-ring (bicyclic) bond motifs is 1. The molecule has 7 nitrogen and oxygen atoms in total. The topological polar surface area (TPSA) is 85.6 Å². The average molecular weight is 489 g/mol. The zero-order valence-electron chi connectivity index (χ0n) is 17.6. The molecule has 0 saturated heterocycles. The van der Waals surface area contributed by atoms with Crippen LogP contribution in [0.2, 0.25) is 5.02 Å². The summed E-state index contributed by atoms with van der Waals surface area (Å²) >= 11 is 5.97. The normalized spacial score (nSPS) is 11.4. The number of benzene rings is 2. The third-order valence-corrected chi connectivity index (χ3v) is 5.18. The van der Waals surface area contributed by atoms with E-state index in [0.29, 0.717) is 28.7 Å². The van der Waals surface area contributed by atoms with Gasteiger partial charge in [-0.25, -0.2) is 14.3 Å². The van der Waals surface area contributed by atoms with Gasteiger partial charge < -0.3 is 10.1 Å². The van der Waals surface area contributed by atoms with E-state index in [2.05, 4.69) is 15.4 Å². The molecule has 4 aromatic rings. The minimum absolute atomic E-state index is 0.111. The van der Waals surface area contributed by atoms with Crippen molar-refractivity contribution in [2.45, 2.75) is 13.1 Å². The van der Waals surface area contributed by atoms with Gasteiger partial charge in [-0.3, -0.25) is 4.79 Å². The molecule has 11 heteroatoms. The second kappa shape index (κ2) is 9.14. The Hall–Kier alpha value is -3.92. The van der Waals surface area contributed by atoms with Crippen molar-refractivity contribution in [2.24, 2.45) is 0 Å². The number of halogens is 4. The number of hydrogen-bond acceptors (Lipinski definition) is 5. The number of esters is 1. The van der Waals surface area contributed by atoms with Crippen molar-refractivity contribution >= 4 is 34.8 Å². The molecule has 0 atom stereocenters. The minimum atomic E-state index is -4.61. The smallest absolute Gasteiger partial charge is 0.416 e. The Morgan fingerprint density at radius 3 is 2.65 bits per heavy atom. The molecular weight excluding hydrogens is 473 g/mol. The summed E-state index contributed by atoms with van der Waals surface area (Å²) in [6.45, 7) is 1.89. The summed E-state index contributed by atoms with van der Waals surface area (Å²) in [6, 6.07) is 10.8. The zero-order chi connectivity index (χ0) is 24.5. The van der Waals surface area contributed by atoms with E-state index < -0.39 is 23.6 Å². The van der Waals surface area contributed by atoms with Crippen LogP contribution >= 0.6 is 11.6 Å². The Bertz CT molecular complexity index is 1400. The molecule has 2 heterocycles. The van der Waals surface area contributed by atoms with Crippen LogP contribution < -0.4 is 5.32 Å². The van der Waals surface area contributed by atoms with E-state index in [1.165, 1.54) is 16.9 Å². The number of aromatic nitrogens is 3. The highest BCUT2D eigenvalue weighted by Gasteiger charge is 2.31. The second-order valence-electron chi connectivity index (χ2n) is 7.07. The summed E-state index contributed by atoms with van der Waals surface area (Å²) in [5, 5.41) is 6.68. The van der Waals surface area contributed by atoms with Crippen LogP contribution in [0.15, 0.2) is 60.9 Å². The fraction of sp³-hybridized carbons (Fsp3) is 0.130. The van der Waals surface area contributed by atoms with Gasteiger partial charge in [0, 0.05) is 17.4 Å².